The molecular weight excluding hydrogens is 424 g/mol. The fourth-order valence-corrected chi connectivity index (χ4v) is 4.16. The van der Waals surface area contributed by atoms with E-state index >= 15 is 0 Å². The zero-order valence-corrected chi connectivity index (χ0v) is 19.6. The molecule has 1 aliphatic heterocycles. The SMILES string of the molecule is CC(Nc1ncc2ccc(=O)n(CC(C)(C)C)c2n1)c1ccc(CN2CCC(F)(F)C2)cc1. The molecule has 0 radical (unpaired) electrons. The van der Waals surface area contributed by atoms with Gasteiger partial charge in [0.2, 0.25) is 5.95 Å². The molecule has 1 atom stereocenters. The highest BCUT2D eigenvalue weighted by Gasteiger charge is 2.37. The summed E-state index contributed by atoms with van der Waals surface area (Å²) in [6.45, 7) is 9.59. The number of halogens is 2. The Hall–Kier alpha value is -2.87. The Bertz CT molecular complexity index is 1180. The van der Waals surface area contributed by atoms with Gasteiger partial charge in [-0.15, -0.1) is 0 Å². The van der Waals surface area contributed by atoms with Crippen molar-refractivity contribution in [3.63, 3.8) is 0 Å². The Labute approximate surface area is 192 Å². The first-order chi connectivity index (χ1) is 15.5. The summed E-state index contributed by atoms with van der Waals surface area (Å²) in [5.41, 5.74) is 2.50. The van der Waals surface area contributed by atoms with E-state index in [4.69, 9.17) is 0 Å². The van der Waals surface area contributed by atoms with Crippen LogP contribution in [0.15, 0.2) is 47.4 Å². The van der Waals surface area contributed by atoms with Gasteiger partial charge in [-0.2, -0.15) is 4.98 Å². The molecule has 2 aromatic heterocycles. The van der Waals surface area contributed by atoms with Gasteiger partial charge in [0.05, 0.1) is 12.6 Å². The van der Waals surface area contributed by atoms with Crippen molar-refractivity contribution in [1.29, 1.82) is 0 Å². The van der Waals surface area contributed by atoms with Gasteiger partial charge in [0.15, 0.2) is 0 Å². The summed E-state index contributed by atoms with van der Waals surface area (Å²) in [7, 11) is 0. The minimum absolute atomic E-state index is 0.0681. The molecule has 1 saturated heterocycles. The number of hydrogen-bond acceptors (Lipinski definition) is 5. The van der Waals surface area contributed by atoms with Gasteiger partial charge in [-0.25, -0.2) is 13.8 Å². The smallest absolute Gasteiger partial charge is 0.261 e. The van der Waals surface area contributed by atoms with E-state index in [0.717, 1.165) is 16.5 Å². The lowest BCUT2D eigenvalue weighted by atomic mass is 9.97. The minimum Gasteiger partial charge on any atom is -0.348 e. The fourth-order valence-electron chi connectivity index (χ4n) is 4.16. The van der Waals surface area contributed by atoms with Crippen molar-refractivity contribution >= 4 is 17.0 Å². The highest BCUT2D eigenvalue weighted by molar-refractivity contribution is 5.75. The van der Waals surface area contributed by atoms with Crippen LogP contribution in [0.2, 0.25) is 0 Å². The summed E-state index contributed by atoms with van der Waals surface area (Å²) in [6, 6.07) is 11.2. The third-order valence-corrected chi connectivity index (χ3v) is 5.84. The normalized spacial score (nSPS) is 17.4. The second-order valence-corrected chi connectivity index (χ2v) is 10.2. The molecular formula is C25H31F2N5O. The molecule has 1 N–H and O–H groups in total. The predicted molar refractivity (Wildman–Crippen MR) is 127 cm³/mol. The lowest BCUT2D eigenvalue weighted by Gasteiger charge is -2.21. The number of rotatable bonds is 6. The van der Waals surface area contributed by atoms with Crippen molar-refractivity contribution in [3.05, 3.63) is 64.1 Å². The summed E-state index contributed by atoms with van der Waals surface area (Å²) in [4.78, 5) is 23.4. The van der Waals surface area contributed by atoms with E-state index in [2.05, 4.69) is 36.1 Å². The van der Waals surface area contributed by atoms with Crippen molar-refractivity contribution < 1.29 is 8.78 Å². The molecule has 3 heterocycles. The van der Waals surface area contributed by atoms with Crippen LogP contribution >= 0.6 is 0 Å². The van der Waals surface area contributed by atoms with Crippen LogP contribution in [0.25, 0.3) is 11.0 Å². The van der Waals surface area contributed by atoms with Crippen LogP contribution in [0.5, 0.6) is 0 Å². The van der Waals surface area contributed by atoms with Crippen LogP contribution < -0.4 is 10.9 Å². The van der Waals surface area contributed by atoms with Gasteiger partial charge in [-0.3, -0.25) is 14.3 Å². The first kappa shape index (κ1) is 23.3. The molecule has 1 fully saturated rings. The largest absolute Gasteiger partial charge is 0.348 e. The summed E-state index contributed by atoms with van der Waals surface area (Å²) >= 11 is 0. The van der Waals surface area contributed by atoms with Crippen molar-refractivity contribution in [2.75, 3.05) is 18.4 Å². The van der Waals surface area contributed by atoms with Crippen LogP contribution in [0.1, 0.15) is 51.3 Å². The first-order valence-electron chi connectivity index (χ1n) is 11.3. The van der Waals surface area contributed by atoms with Crippen molar-refractivity contribution in [2.24, 2.45) is 5.41 Å². The van der Waals surface area contributed by atoms with Crippen LogP contribution in [-0.4, -0.2) is 38.4 Å². The fraction of sp³-hybridized carbons (Fsp3) is 0.480. The summed E-state index contributed by atoms with van der Waals surface area (Å²) in [5, 5.41) is 4.13. The summed E-state index contributed by atoms with van der Waals surface area (Å²) < 4.78 is 28.5. The maximum absolute atomic E-state index is 13.4. The van der Waals surface area contributed by atoms with E-state index in [9.17, 15) is 13.6 Å². The Kier molecular flexibility index (Phi) is 6.22. The molecule has 0 amide bonds. The van der Waals surface area contributed by atoms with Crippen LogP contribution in [0.4, 0.5) is 14.7 Å². The molecule has 176 valence electrons. The number of anilines is 1. The molecule has 1 aromatic carbocycles. The second-order valence-electron chi connectivity index (χ2n) is 10.2. The number of likely N-dealkylation sites (tertiary alicyclic amines) is 1. The Morgan fingerprint density at radius 3 is 2.52 bits per heavy atom. The van der Waals surface area contributed by atoms with Gasteiger partial charge in [0.25, 0.3) is 11.5 Å². The number of hydrogen-bond donors (Lipinski definition) is 1. The number of nitrogens with zero attached hydrogens (tertiary/aromatic N) is 4. The summed E-state index contributed by atoms with van der Waals surface area (Å²) in [5.74, 6) is -2.12. The quantitative estimate of drug-likeness (QED) is 0.576. The molecule has 4 rings (SSSR count). The number of fused-ring (bicyclic) bond motifs is 1. The van der Waals surface area contributed by atoms with Crippen molar-refractivity contribution in [3.8, 4) is 0 Å². The Morgan fingerprint density at radius 2 is 1.88 bits per heavy atom. The minimum atomic E-state index is -2.57. The highest BCUT2D eigenvalue weighted by Crippen LogP contribution is 2.28. The van der Waals surface area contributed by atoms with Gasteiger partial charge in [-0.05, 0) is 29.5 Å². The van der Waals surface area contributed by atoms with E-state index in [1.165, 1.54) is 0 Å². The number of alkyl halides is 2. The van der Waals surface area contributed by atoms with Crippen LogP contribution in [0, 0.1) is 5.41 Å². The number of aromatic nitrogens is 3. The molecule has 33 heavy (non-hydrogen) atoms. The Morgan fingerprint density at radius 1 is 1.15 bits per heavy atom. The molecule has 8 heteroatoms. The van der Waals surface area contributed by atoms with E-state index < -0.39 is 5.92 Å². The van der Waals surface area contributed by atoms with Crippen molar-refractivity contribution in [2.45, 2.75) is 59.2 Å². The third-order valence-electron chi connectivity index (χ3n) is 5.84. The van der Waals surface area contributed by atoms with Gasteiger partial charge < -0.3 is 5.32 Å². The molecule has 0 spiro atoms. The van der Waals surface area contributed by atoms with Gasteiger partial charge in [-0.1, -0.05) is 45.0 Å². The lowest BCUT2D eigenvalue weighted by Crippen LogP contribution is -2.27. The zero-order valence-electron chi connectivity index (χ0n) is 19.6. The van der Waals surface area contributed by atoms with Crippen LogP contribution in [0.3, 0.4) is 0 Å². The van der Waals surface area contributed by atoms with Gasteiger partial charge >= 0.3 is 0 Å². The first-order valence-corrected chi connectivity index (χ1v) is 11.3. The van der Waals surface area contributed by atoms with Gasteiger partial charge in [0.1, 0.15) is 5.65 Å². The number of nitrogens with one attached hydrogen (secondary N) is 1. The monoisotopic (exact) mass is 455 g/mol. The maximum Gasteiger partial charge on any atom is 0.261 e. The molecule has 0 aliphatic carbocycles. The Balaban J connectivity index is 1.49. The average Bonchev–Trinajstić information content (AvgIpc) is 3.08. The molecule has 1 aliphatic rings. The van der Waals surface area contributed by atoms with E-state index in [1.807, 2.05) is 31.2 Å². The maximum atomic E-state index is 13.4. The molecule has 1 unspecified atom stereocenters. The van der Waals surface area contributed by atoms with Gasteiger partial charge in [0, 0.05) is 43.7 Å². The number of pyridine rings is 1. The molecule has 6 nitrogen and oxygen atoms in total. The van der Waals surface area contributed by atoms with E-state index in [-0.39, 0.29) is 30.0 Å². The second kappa shape index (κ2) is 8.82. The highest BCUT2D eigenvalue weighted by atomic mass is 19.3. The average molecular weight is 456 g/mol. The van der Waals surface area contributed by atoms with E-state index in [1.54, 1.807) is 27.8 Å². The standard InChI is InChI=1S/C25H31F2N5O/c1-17(19-7-5-18(6-8-19)14-31-12-11-25(26,27)16-31)29-23-28-13-20-9-10-21(33)32(22(20)30-23)15-24(2,3)4/h5-10,13,17H,11-12,14-16H2,1-4H3,(H,28,29,30). The van der Waals surface area contributed by atoms with Crippen LogP contribution in [-0.2, 0) is 13.1 Å². The third kappa shape index (κ3) is 5.74. The molecule has 0 saturated carbocycles. The molecule has 0 bridgehead atoms. The zero-order chi connectivity index (χ0) is 23.8. The predicted octanol–water partition coefficient (Wildman–Crippen LogP) is 4.85. The lowest BCUT2D eigenvalue weighted by molar-refractivity contribution is 0.0115. The number of benzene rings is 1. The summed E-state index contributed by atoms with van der Waals surface area (Å²) in [6.07, 6.45) is 1.66. The topological polar surface area (TPSA) is 63.1 Å². The van der Waals surface area contributed by atoms with Crippen molar-refractivity contribution in [1.82, 2.24) is 19.4 Å². The molecule has 3 aromatic rings. The van der Waals surface area contributed by atoms with E-state index in [0.29, 0.717) is 31.2 Å².